The molecule has 3 N–H and O–H groups in total. The first-order chi connectivity index (χ1) is 15.7. The summed E-state index contributed by atoms with van der Waals surface area (Å²) < 4.78 is 14.6. The van der Waals surface area contributed by atoms with Gasteiger partial charge in [0, 0.05) is 35.1 Å². The lowest BCUT2D eigenvalue weighted by Crippen LogP contribution is -2.10. The van der Waals surface area contributed by atoms with Crippen LogP contribution in [0.25, 0.3) is 22.0 Å². The minimum absolute atomic E-state index is 0.349. The summed E-state index contributed by atoms with van der Waals surface area (Å²) in [5.74, 6) is -0.0215. The highest BCUT2D eigenvalue weighted by Gasteiger charge is 2.17. The highest BCUT2D eigenvalue weighted by atomic mass is 35.5. The van der Waals surface area contributed by atoms with Crippen molar-refractivity contribution in [1.82, 2.24) is 15.0 Å². The number of fused-ring (bicyclic) bond motifs is 1. The fourth-order valence-electron chi connectivity index (χ4n) is 3.65. The van der Waals surface area contributed by atoms with Gasteiger partial charge in [0.15, 0.2) is 5.82 Å². The number of nitrogens with one attached hydrogen (secondary N) is 1. The molecule has 2 unspecified atom stereocenters. The summed E-state index contributed by atoms with van der Waals surface area (Å²) in [6.45, 7) is 5.08. The van der Waals surface area contributed by atoms with E-state index >= 15 is 0 Å². The van der Waals surface area contributed by atoms with Crippen LogP contribution in [0, 0.1) is 5.82 Å². The van der Waals surface area contributed by atoms with Crippen LogP contribution in [-0.2, 0) is 0 Å². The maximum absolute atomic E-state index is 14.6. The molecule has 2 heterocycles. The van der Waals surface area contributed by atoms with Crippen molar-refractivity contribution in [1.29, 1.82) is 0 Å². The predicted octanol–water partition coefficient (Wildman–Crippen LogP) is 5.76. The van der Waals surface area contributed by atoms with E-state index in [0.29, 0.717) is 27.7 Å². The van der Waals surface area contributed by atoms with Crippen molar-refractivity contribution in [3.05, 3.63) is 82.8 Å². The number of rotatable bonds is 6. The van der Waals surface area contributed by atoms with Crippen LogP contribution < -0.4 is 5.32 Å². The zero-order valence-corrected chi connectivity index (χ0v) is 19.2. The summed E-state index contributed by atoms with van der Waals surface area (Å²) in [5.41, 5.74) is 4.02. The highest BCUT2D eigenvalue weighted by Crippen LogP contribution is 2.35. The van der Waals surface area contributed by atoms with Gasteiger partial charge in [0.25, 0.3) is 0 Å². The Bertz CT molecular complexity index is 1300. The average Bonchev–Trinajstić information content (AvgIpc) is 2.80. The summed E-state index contributed by atoms with van der Waals surface area (Å²) in [4.78, 5) is 12.8. The molecular formula is C25H24ClFN4O2. The Balaban J connectivity index is 1.74. The van der Waals surface area contributed by atoms with Gasteiger partial charge in [0.2, 0.25) is 0 Å². The lowest BCUT2D eigenvalue weighted by Gasteiger charge is -2.20. The first-order valence-corrected chi connectivity index (χ1v) is 10.9. The van der Waals surface area contributed by atoms with E-state index in [9.17, 15) is 14.6 Å². The van der Waals surface area contributed by atoms with Crippen LogP contribution in [0.4, 0.5) is 10.1 Å². The Kier molecular flexibility index (Phi) is 6.56. The van der Waals surface area contributed by atoms with Gasteiger partial charge in [0.05, 0.1) is 28.4 Å². The molecular weight excluding hydrogens is 443 g/mol. The maximum Gasteiger partial charge on any atom is 0.156 e. The van der Waals surface area contributed by atoms with Crippen molar-refractivity contribution < 1.29 is 14.6 Å². The predicted molar refractivity (Wildman–Crippen MR) is 127 cm³/mol. The Morgan fingerprint density at radius 3 is 2.27 bits per heavy atom. The lowest BCUT2D eigenvalue weighted by molar-refractivity contribution is 0.189. The van der Waals surface area contributed by atoms with Crippen molar-refractivity contribution in [2.24, 2.45) is 0 Å². The number of halogens is 2. The topological polar surface area (TPSA) is 91.2 Å². The molecule has 0 spiro atoms. The monoisotopic (exact) mass is 466 g/mol. The van der Waals surface area contributed by atoms with Crippen LogP contribution in [0.15, 0.2) is 55.0 Å². The Morgan fingerprint density at radius 2 is 1.61 bits per heavy atom. The van der Waals surface area contributed by atoms with Gasteiger partial charge in [-0.25, -0.2) is 14.4 Å². The number of nitrogens with zero attached hydrogens (tertiary/aromatic N) is 3. The van der Waals surface area contributed by atoms with Crippen LogP contribution >= 0.6 is 11.6 Å². The molecule has 4 rings (SSSR count). The van der Waals surface area contributed by atoms with Crippen LogP contribution in [0.2, 0.25) is 5.02 Å². The molecule has 3 atom stereocenters. The van der Waals surface area contributed by atoms with Gasteiger partial charge in [-0.2, -0.15) is 0 Å². The summed E-state index contributed by atoms with van der Waals surface area (Å²) in [7, 11) is 0. The summed E-state index contributed by atoms with van der Waals surface area (Å²) in [5, 5.41) is 24.0. The normalized spacial score (nSPS) is 14.2. The van der Waals surface area contributed by atoms with E-state index in [1.807, 2.05) is 25.1 Å². The van der Waals surface area contributed by atoms with Gasteiger partial charge < -0.3 is 15.5 Å². The first-order valence-electron chi connectivity index (χ1n) is 10.6. The molecule has 0 radical (unpaired) electrons. The molecule has 0 aliphatic rings. The first kappa shape index (κ1) is 23.0. The smallest absolute Gasteiger partial charge is 0.156 e. The maximum atomic E-state index is 14.6. The number of anilines is 1. The molecule has 0 aliphatic carbocycles. The molecule has 33 heavy (non-hydrogen) atoms. The number of hydrogen-bond acceptors (Lipinski definition) is 6. The van der Waals surface area contributed by atoms with Gasteiger partial charge in [-0.3, -0.25) is 4.98 Å². The Hall–Kier alpha value is -3.13. The van der Waals surface area contributed by atoms with E-state index < -0.39 is 18.2 Å². The van der Waals surface area contributed by atoms with E-state index in [4.69, 9.17) is 11.6 Å². The lowest BCUT2D eigenvalue weighted by atomic mass is 10.0. The second-order valence-electron chi connectivity index (χ2n) is 8.04. The van der Waals surface area contributed by atoms with Gasteiger partial charge >= 0.3 is 0 Å². The largest absolute Gasteiger partial charge is 0.389 e. The molecule has 0 bridgehead atoms. The Morgan fingerprint density at radius 1 is 0.879 bits per heavy atom. The molecule has 0 amide bonds. The van der Waals surface area contributed by atoms with Crippen molar-refractivity contribution in [2.45, 2.75) is 39.0 Å². The van der Waals surface area contributed by atoms with Crippen molar-refractivity contribution in [2.75, 3.05) is 5.32 Å². The van der Waals surface area contributed by atoms with Crippen LogP contribution in [0.1, 0.15) is 56.0 Å². The fraction of sp³-hybridized carbons (Fsp3) is 0.240. The molecule has 2 aromatic carbocycles. The summed E-state index contributed by atoms with van der Waals surface area (Å²) in [6.07, 6.45) is 3.42. The highest BCUT2D eigenvalue weighted by molar-refractivity contribution is 6.34. The van der Waals surface area contributed by atoms with Gasteiger partial charge in [-0.1, -0.05) is 23.7 Å². The molecule has 2 aromatic heterocycles. The van der Waals surface area contributed by atoms with Gasteiger partial charge in [-0.05, 0) is 56.2 Å². The molecule has 0 fully saturated rings. The molecule has 0 saturated heterocycles. The van der Waals surface area contributed by atoms with E-state index in [0.717, 1.165) is 22.0 Å². The van der Waals surface area contributed by atoms with Gasteiger partial charge in [0.1, 0.15) is 11.9 Å². The molecule has 8 heteroatoms. The van der Waals surface area contributed by atoms with E-state index in [2.05, 4.69) is 20.3 Å². The molecule has 6 nitrogen and oxygen atoms in total. The quantitative estimate of drug-likeness (QED) is 0.334. The fourth-order valence-corrected chi connectivity index (χ4v) is 3.85. The molecule has 0 aliphatic heterocycles. The Labute approximate surface area is 196 Å². The minimum Gasteiger partial charge on any atom is -0.389 e. The molecule has 170 valence electrons. The number of aliphatic hydroxyl groups excluding tert-OH is 2. The zero-order chi connectivity index (χ0) is 23.7. The zero-order valence-electron chi connectivity index (χ0n) is 18.4. The number of aliphatic hydroxyl groups is 2. The molecule has 0 saturated carbocycles. The van der Waals surface area contributed by atoms with Crippen molar-refractivity contribution >= 4 is 28.2 Å². The number of benzene rings is 2. The minimum atomic E-state index is -0.747. The molecule has 4 aromatic rings. The van der Waals surface area contributed by atoms with E-state index in [-0.39, 0.29) is 5.82 Å². The van der Waals surface area contributed by atoms with Gasteiger partial charge in [-0.15, -0.1) is 0 Å². The average molecular weight is 467 g/mol. The second kappa shape index (κ2) is 9.39. The number of hydrogen-bond donors (Lipinski definition) is 3. The van der Waals surface area contributed by atoms with Crippen LogP contribution in [0.3, 0.4) is 0 Å². The number of pyridine rings is 1. The third kappa shape index (κ3) is 4.80. The SMILES string of the molecule is CC(O)c1ccc(F)c([C@@H](C)Nc2c(Cl)cnc3ccc(-c4cnc(C(C)O)nc4)cc23)c1. The number of aromatic nitrogens is 3. The van der Waals surface area contributed by atoms with Crippen molar-refractivity contribution in [3.8, 4) is 11.1 Å². The van der Waals surface area contributed by atoms with E-state index in [1.54, 1.807) is 44.6 Å². The van der Waals surface area contributed by atoms with E-state index in [1.165, 1.54) is 6.07 Å². The van der Waals surface area contributed by atoms with Crippen LogP contribution in [0.5, 0.6) is 0 Å². The summed E-state index contributed by atoms with van der Waals surface area (Å²) >= 11 is 6.50. The third-order valence-corrected chi connectivity index (χ3v) is 5.82. The van der Waals surface area contributed by atoms with Crippen molar-refractivity contribution in [3.63, 3.8) is 0 Å². The third-order valence-electron chi connectivity index (χ3n) is 5.53. The second-order valence-corrected chi connectivity index (χ2v) is 8.45. The summed E-state index contributed by atoms with van der Waals surface area (Å²) in [6, 6.07) is 9.86. The standard InChI is InChI=1S/C25H24ClFN4O2/c1-13(19-8-16(14(2)32)4-6-22(19)27)31-24-20-9-17(5-7-23(20)28-12-21(24)26)18-10-29-25(15(3)33)30-11-18/h4-15,32-33H,1-3H3,(H,28,31)/t13-,14?,15?/m1/s1. The van der Waals surface area contributed by atoms with Crippen LogP contribution in [-0.4, -0.2) is 25.2 Å².